The fourth-order valence-corrected chi connectivity index (χ4v) is 2.66. The molecule has 2 N–H and O–H groups in total. The number of hydrogen-bond donors (Lipinski definition) is 1. The summed E-state index contributed by atoms with van der Waals surface area (Å²) in [6, 6.07) is 6.76. The van der Waals surface area contributed by atoms with E-state index in [0.717, 1.165) is 12.8 Å². The van der Waals surface area contributed by atoms with Crippen molar-refractivity contribution >= 4 is 0 Å². The largest absolute Gasteiger partial charge is 0.372 e. The lowest BCUT2D eigenvalue weighted by Crippen LogP contribution is -2.35. The summed E-state index contributed by atoms with van der Waals surface area (Å²) >= 11 is 0. The van der Waals surface area contributed by atoms with Gasteiger partial charge in [0.25, 0.3) is 0 Å². The summed E-state index contributed by atoms with van der Waals surface area (Å²) in [5, 5.41) is 0. The molecule has 0 radical (unpaired) electrons. The Hall–Kier alpha value is -0.860. The SMILES string of the molecule is Cc1ccc(C)c(COC2CCCCCC2N)c1. The first kappa shape index (κ1) is 13.6. The zero-order valence-electron chi connectivity index (χ0n) is 11.6. The molecule has 0 saturated heterocycles. The highest BCUT2D eigenvalue weighted by Gasteiger charge is 2.20. The molecule has 2 nitrogen and oxygen atoms in total. The quantitative estimate of drug-likeness (QED) is 0.830. The third-order valence-electron chi connectivity index (χ3n) is 3.96. The topological polar surface area (TPSA) is 35.2 Å². The molecule has 1 aliphatic rings. The van der Waals surface area contributed by atoms with E-state index in [9.17, 15) is 0 Å². The number of nitrogens with two attached hydrogens (primary N) is 1. The Morgan fingerprint density at radius 2 is 1.94 bits per heavy atom. The number of aryl methyl sites for hydroxylation is 2. The van der Waals surface area contributed by atoms with Crippen molar-refractivity contribution in [2.45, 2.75) is 64.7 Å². The second-order valence-electron chi connectivity index (χ2n) is 5.58. The van der Waals surface area contributed by atoms with Gasteiger partial charge in [0, 0.05) is 6.04 Å². The van der Waals surface area contributed by atoms with Gasteiger partial charge >= 0.3 is 0 Å². The molecule has 2 rings (SSSR count). The van der Waals surface area contributed by atoms with E-state index in [4.69, 9.17) is 10.5 Å². The zero-order valence-corrected chi connectivity index (χ0v) is 11.6. The summed E-state index contributed by atoms with van der Waals surface area (Å²) in [7, 11) is 0. The highest BCUT2D eigenvalue weighted by Crippen LogP contribution is 2.21. The van der Waals surface area contributed by atoms with Crippen LogP contribution in [0.4, 0.5) is 0 Å². The Morgan fingerprint density at radius 1 is 1.17 bits per heavy atom. The van der Waals surface area contributed by atoms with Crippen molar-refractivity contribution in [1.82, 2.24) is 0 Å². The van der Waals surface area contributed by atoms with Crippen LogP contribution in [-0.2, 0) is 11.3 Å². The van der Waals surface area contributed by atoms with Gasteiger partial charge in [-0.2, -0.15) is 0 Å². The van der Waals surface area contributed by atoms with E-state index in [1.807, 2.05) is 0 Å². The second-order valence-corrected chi connectivity index (χ2v) is 5.58. The number of hydrogen-bond acceptors (Lipinski definition) is 2. The van der Waals surface area contributed by atoms with E-state index < -0.39 is 0 Å². The van der Waals surface area contributed by atoms with Crippen molar-refractivity contribution in [2.24, 2.45) is 5.73 Å². The lowest BCUT2D eigenvalue weighted by atomic mass is 10.1. The van der Waals surface area contributed by atoms with Gasteiger partial charge in [0.15, 0.2) is 0 Å². The van der Waals surface area contributed by atoms with Gasteiger partial charge in [0.2, 0.25) is 0 Å². The zero-order chi connectivity index (χ0) is 13.0. The maximum atomic E-state index is 6.19. The van der Waals surface area contributed by atoms with Gasteiger partial charge in [-0.15, -0.1) is 0 Å². The molecule has 1 aromatic rings. The molecule has 2 heteroatoms. The Labute approximate surface area is 111 Å². The third kappa shape index (κ3) is 3.56. The summed E-state index contributed by atoms with van der Waals surface area (Å²) in [5.74, 6) is 0. The number of rotatable bonds is 3. The minimum atomic E-state index is 0.220. The maximum Gasteiger partial charge on any atom is 0.0730 e. The lowest BCUT2D eigenvalue weighted by Gasteiger charge is -2.22. The predicted molar refractivity (Wildman–Crippen MR) is 75.6 cm³/mol. The molecule has 2 atom stereocenters. The van der Waals surface area contributed by atoms with Crippen molar-refractivity contribution in [3.8, 4) is 0 Å². The summed E-state index contributed by atoms with van der Waals surface area (Å²) in [6.45, 7) is 4.97. The standard InChI is InChI=1S/C16H25NO/c1-12-8-9-13(2)14(10-12)11-18-16-7-5-3-4-6-15(16)17/h8-10,15-16H,3-7,11,17H2,1-2H3. The molecule has 0 aromatic heterocycles. The molecular weight excluding hydrogens is 222 g/mol. The molecule has 0 bridgehead atoms. The molecule has 1 aromatic carbocycles. The van der Waals surface area contributed by atoms with Crippen LogP contribution >= 0.6 is 0 Å². The van der Waals surface area contributed by atoms with Crippen LogP contribution in [0.25, 0.3) is 0 Å². The Morgan fingerprint density at radius 3 is 2.78 bits per heavy atom. The fourth-order valence-electron chi connectivity index (χ4n) is 2.66. The Kier molecular flexibility index (Phi) is 4.79. The van der Waals surface area contributed by atoms with Crippen LogP contribution in [0.5, 0.6) is 0 Å². The van der Waals surface area contributed by atoms with E-state index >= 15 is 0 Å². The van der Waals surface area contributed by atoms with E-state index in [2.05, 4.69) is 32.0 Å². The summed E-state index contributed by atoms with van der Waals surface area (Å²) < 4.78 is 6.07. The first-order chi connectivity index (χ1) is 8.66. The highest BCUT2D eigenvalue weighted by molar-refractivity contribution is 5.29. The van der Waals surface area contributed by atoms with Crippen molar-refractivity contribution in [1.29, 1.82) is 0 Å². The van der Waals surface area contributed by atoms with Crippen molar-refractivity contribution in [3.63, 3.8) is 0 Å². The first-order valence-electron chi connectivity index (χ1n) is 7.10. The van der Waals surface area contributed by atoms with Crippen LogP contribution in [0.1, 0.15) is 48.8 Å². The molecule has 0 aliphatic heterocycles. The number of benzene rings is 1. The molecule has 1 aliphatic carbocycles. The van der Waals surface area contributed by atoms with Crippen LogP contribution in [0.3, 0.4) is 0 Å². The van der Waals surface area contributed by atoms with E-state index in [0.29, 0.717) is 6.61 Å². The Bertz CT molecular complexity index is 389. The molecular formula is C16H25NO. The van der Waals surface area contributed by atoms with E-state index in [1.54, 1.807) is 0 Å². The lowest BCUT2D eigenvalue weighted by molar-refractivity contribution is 0.0192. The van der Waals surface area contributed by atoms with Crippen LogP contribution in [0, 0.1) is 13.8 Å². The highest BCUT2D eigenvalue weighted by atomic mass is 16.5. The van der Waals surface area contributed by atoms with Gasteiger partial charge in [-0.25, -0.2) is 0 Å². The van der Waals surface area contributed by atoms with Gasteiger partial charge in [0.1, 0.15) is 0 Å². The number of ether oxygens (including phenoxy) is 1. The van der Waals surface area contributed by atoms with Crippen LogP contribution in [0.2, 0.25) is 0 Å². The molecule has 0 spiro atoms. The van der Waals surface area contributed by atoms with Crippen molar-refractivity contribution in [2.75, 3.05) is 0 Å². The van der Waals surface area contributed by atoms with Crippen molar-refractivity contribution < 1.29 is 4.74 Å². The summed E-state index contributed by atoms with van der Waals surface area (Å²) in [4.78, 5) is 0. The molecule has 0 amide bonds. The maximum absolute atomic E-state index is 6.19. The molecule has 2 unspecified atom stereocenters. The summed E-state index contributed by atoms with van der Waals surface area (Å²) in [6.07, 6.45) is 6.28. The van der Waals surface area contributed by atoms with E-state index in [1.165, 1.54) is 36.0 Å². The summed E-state index contributed by atoms with van der Waals surface area (Å²) in [5.41, 5.74) is 10.1. The monoisotopic (exact) mass is 247 g/mol. The van der Waals surface area contributed by atoms with Crippen LogP contribution < -0.4 is 5.73 Å². The van der Waals surface area contributed by atoms with Crippen molar-refractivity contribution in [3.05, 3.63) is 34.9 Å². The van der Waals surface area contributed by atoms with Crippen LogP contribution in [0.15, 0.2) is 18.2 Å². The molecule has 0 heterocycles. The Balaban J connectivity index is 1.95. The van der Waals surface area contributed by atoms with Gasteiger partial charge in [0.05, 0.1) is 12.7 Å². The minimum Gasteiger partial charge on any atom is -0.372 e. The van der Waals surface area contributed by atoms with Crippen LogP contribution in [-0.4, -0.2) is 12.1 Å². The smallest absolute Gasteiger partial charge is 0.0730 e. The normalized spacial score (nSPS) is 24.8. The molecule has 18 heavy (non-hydrogen) atoms. The average molecular weight is 247 g/mol. The van der Waals surface area contributed by atoms with Gasteiger partial charge < -0.3 is 10.5 Å². The minimum absolute atomic E-state index is 0.220. The molecule has 100 valence electrons. The van der Waals surface area contributed by atoms with Gasteiger partial charge in [-0.05, 0) is 37.8 Å². The van der Waals surface area contributed by atoms with Gasteiger partial charge in [-0.3, -0.25) is 0 Å². The molecule has 1 fully saturated rings. The first-order valence-corrected chi connectivity index (χ1v) is 7.10. The van der Waals surface area contributed by atoms with Gasteiger partial charge in [-0.1, -0.05) is 43.0 Å². The predicted octanol–water partition coefficient (Wildman–Crippen LogP) is 3.48. The van der Waals surface area contributed by atoms with E-state index in [-0.39, 0.29) is 12.1 Å². The second kappa shape index (κ2) is 6.35. The third-order valence-corrected chi connectivity index (χ3v) is 3.96. The average Bonchev–Trinajstić information content (AvgIpc) is 2.55. The molecule has 1 saturated carbocycles. The fraction of sp³-hybridized carbons (Fsp3) is 0.625.